The number of rotatable bonds is 7. The molecule has 0 amide bonds. The smallest absolute Gasteiger partial charge is 0.262 e. The molecule has 0 bridgehead atoms. The molecule has 2 aromatic rings. The maximum atomic E-state index is 12.8. The zero-order valence-corrected chi connectivity index (χ0v) is 15.1. The van der Waals surface area contributed by atoms with Crippen molar-refractivity contribution in [3.8, 4) is 11.3 Å². The zero-order valence-electron chi connectivity index (χ0n) is 14.3. The third-order valence-electron chi connectivity index (χ3n) is 4.17. The molecule has 1 saturated heterocycles. The summed E-state index contributed by atoms with van der Waals surface area (Å²) in [4.78, 5) is 4.08. The topological polar surface area (TPSA) is 90.7 Å². The first-order valence-corrected chi connectivity index (χ1v) is 9.59. The summed E-state index contributed by atoms with van der Waals surface area (Å²) < 4.78 is 44.7. The Kier molecular flexibility index (Phi) is 5.24. The highest BCUT2D eigenvalue weighted by molar-refractivity contribution is 7.89. The molecule has 7 nitrogen and oxygen atoms in total. The van der Waals surface area contributed by atoms with Gasteiger partial charge in [0.15, 0.2) is 11.7 Å². The highest BCUT2D eigenvalue weighted by Crippen LogP contribution is 2.29. The molecule has 0 saturated carbocycles. The fourth-order valence-corrected chi connectivity index (χ4v) is 4.22. The summed E-state index contributed by atoms with van der Waals surface area (Å²) in [5.41, 5.74) is 0.0280. The Bertz CT molecular complexity index is 811. The molecule has 0 radical (unpaired) electrons. The molecule has 0 spiro atoms. The fraction of sp³-hybridized carbons (Fsp3) is 0.471. The second-order valence-corrected chi connectivity index (χ2v) is 7.81. The first kappa shape index (κ1) is 18.1. The minimum absolute atomic E-state index is 0.109. The summed E-state index contributed by atoms with van der Waals surface area (Å²) in [7, 11) is -2.28. The van der Waals surface area contributed by atoms with Crippen LogP contribution in [0.4, 0.5) is 0 Å². The maximum absolute atomic E-state index is 12.8. The van der Waals surface area contributed by atoms with Crippen molar-refractivity contribution in [2.75, 3.05) is 26.9 Å². The number of nitrogens with zero attached hydrogens (tertiary/aromatic N) is 1. The Balaban J connectivity index is 1.86. The van der Waals surface area contributed by atoms with Gasteiger partial charge in [0.1, 0.15) is 5.60 Å². The Labute approximate surface area is 147 Å². The van der Waals surface area contributed by atoms with Crippen LogP contribution in [0, 0.1) is 6.92 Å². The monoisotopic (exact) mass is 366 g/mol. The molecular formula is C17H22N2O5S. The van der Waals surface area contributed by atoms with E-state index in [4.69, 9.17) is 13.9 Å². The summed E-state index contributed by atoms with van der Waals surface area (Å²) in [5.74, 6) is 0.529. The Hall–Kier alpha value is -1.74. The van der Waals surface area contributed by atoms with E-state index in [2.05, 4.69) is 9.71 Å². The van der Waals surface area contributed by atoms with Crippen molar-refractivity contribution in [3.63, 3.8) is 0 Å². The van der Waals surface area contributed by atoms with Crippen LogP contribution in [0.25, 0.3) is 11.3 Å². The molecule has 1 aromatic carbocycles. The number of nitrogens with one attached hydrogen (secondary N) is 1. The van der Waals surface area contributed by atoms with E-state index in [1.54, 1.807) is 26.2 Å². The maximum Gasteiger partial charge on any atom is 0.262 e. The molecule has 0 aliphatic carbocycles. The highest BCUT2D eigenvalue weighted by atomic mass is 32.2. The van der Waals surface area contributed by atoms with Gasteiger partial charge in [-0.25, -0.2) is 18.1 Å². The second-order valence-electron chi connectivity index (χ2n) is 6.13. The van der Waals surface area contributed by atoms with E-state index in [1.807, 2.05) is 18.2 Å². The predicted molar refractivity (Wildman–Crippen MR) is 91.7 cm³/mol. The lowest BCUT2D eigenvalue weighted by Crippen LogP contribution is -2.45. The van der Waals surface area contributed by atoms with Crippen molar-refractivity contribution in [2.45, 2.75) is 30.4 Å². The molecule has 1 aliphatic heterocycles. The molecule has 8 heteroatoms. The molecule has 1 N–H and O–H groups in total. The largest absolute Gasteiger partial charge is 0.440 e. The van der Waals surface area contributed by atoms with Crippen LogP contribution in [0.5, 0.6) is 0 Å². The van der Waals surface area contributed by atoms with Gasteiger partial charge in [-0.15, -0.1) is 0 Å². The zero-order chi connectivity index (χ0) is 17.9. The van der Waals surface area contributed by atoms with E-state index < -0.39 is 15.6 Å². The van der Waals surface area contributed by atoms with Gasteiger partial charge < -0.3 is 13.9 Å². The number of hydrogen-bond donors (Lipinski definition) is 1. The molecule has 1 atom stereocenters. The average Bonchev–Trinajstić information content (AvgIpc) is 3.22. The van der Waals surface area contributed by atoms with Crippen LogP contribution in [0.15, 0.2) is 39.8 Å². The van der Waals surface area contributed by atoms with Crippen molar-refractivity contribution < 1.29 is 22.3 Å². The molecule has 1 unspecified atom stereocenters. The normalized spacial score (nSPS) is 20.9. The average molecular weight is 366 g/mol. The van der Waals surface area contributed by atoms with Gasteiger partial charge in [0.25, 0.3) is 10.0 Å². The van der Waals surface area contributed by atoms with Crippen LogP contribution >= 0.6 is 0 Å². The molecule has 1 aromatic heterocycles. The minimum atomic E-state index is -3.85. The second kappa shape index (κ2) is 7.25. The van der Waals surface area contributed by atoms with Crippen LogP contribution in [0.1, 0.15) is 18.7 Å². The van der Waals surface area contributed by atoms with Gasteiger partial charge in [-0.2, -0.15) is 0 Å². The molecule has 1 fully saturated rings. The van der Waals surface area contributed by atoms with Crippen molar-refractivity contribution in [1.29, 1.82) is 0 Å². The minimum Gasteiger partial charge on any atom is -0.440 e. The number of aryl methyl sites for hydroxylation is 1. The van der Waals surface area contributed by atoms with E-state index in [1.165, 1.54) is 0 Å². The van der Waals surface area contributed by atoms with Crippen LogP contribution in [0.2, 0.25) is 0 Å². The lowest BCUT2D eigenvalue weighted by Gasteiger charge is -2.27. The molecule has 2 heterocycles. The van der Waals surface area contributed by atoms with Gasteiger partial charge in [-0.05, 0) is 12.8 Å². The van der Waals surface area contributed by atoms with E-state index in [0.29, 0.717) is 24.7 Å². The fourth-order valence-electron chi connectivity index (χ4n) is 2.98. The van der Waals surface area contributed by atoms with Crippen LogP contribution in [0.3, 0.4) is 0 Å². The summed E-state index contributed by atoms with van der Waals surface area (Å²) in [6.07, 6.45) is 1.62. The van der Waals surface area contributed by atoms with Gasteiger partial charge in [0.05, 0.1) is 6.61 Å². The van der Waals surface area contributed by atoms with Gasteiger partial charge in [-0.3, -0.25) is 0 Å². The Morgan fingerprint density at radius 2 is 2.08 bits per heavy atom. The van der Waals surface area contributed by atoms with Crippen LogP contribution in [-0.4, -0.2) is 45.9 Å². The van der Waals surface area contributed by atoms with E-state index in [0.717, 1.165) is 12.8 Å². The van der Waals surface area contributed by atoms with Gasteiger partial charge in [0.2, 0.25) is 5.03 Å². The van der Waals surface area contributed by atoms with Gasteiger partial charge in [0, 0.05) is 32.7 Å². The number of benzene rings is 1. The quantitative estimate of drug-likeness (QED) is 0.807. The first-order chi connectivity index (χ1) is 12.0. The number of hydrogen-bond acceptors (Lipinski definition) is 6. The summed E-state index contributed by atoms with van der Waals surface area (Å²) >= 11 is 0. The first-order valence-electron chi connectivity index (χ1n) is 8.11. The number of ether oxygens (including phenoxy) is 2. The summed E-state index contributed by atoms with van der Waals surface area (Å²) in [6.45, 7) is 2.68. The molecule has 3 rings (SSSR count). The van der Waals surface area contributed by atoms with Crippen molar-refractivity contribution in [3.05, 3.63) is 36.2 Å². The van der Waals surface area contributed by atoms with Gasteiger partial charge in [-0.1, -0.05) is 30.3 Å². The third-order valence-corrected chi connectivity index (χ3v) is 5.48. The SMILES string of the molecule is COCC1(CNS(=O)(=O)c2nc(C)oc2-c2ccccc2)CCCO1. The van der Waals surface area contributed by atoms with E-state index >= 15 is 0 Å². The molecule has 25 heavy (non-hydrogen) atoms. The lowest BCUT2D eigenvalue weighted by atomic mass is 10.0. The number of methoxy groups -OCH3 is 1. The summed E-state index contributed by atoms with van der Waals surface area (Å²) in [5, 5.41) is -0.109. The Morgan fingerprint density at radius 1 is 1.32 bits per heavy atom. The predicted octanol–water partition coefficient (Wildman–Crippen LogP) is 2.12. The summed E-state index contributed by atoms with van der Waals surface area (Å²) in [6, 6.07) is 9.05. The van der Waals surface area contributed by atoms with Gasteiger partial charge >= 0.3 is 0 Å². The van der Waals surface area contributed by atoms with Crippen molar-refractivity contribution >= 4 is 10.0 Å². The lowest BCUT2D eigenvalue weighted by molar-refractivity contribution is -0.0466. The molecular weight excluding hydrogens is 344 g/mol. The van der Waals surface area contributed by atoms with Crippen LogP contribution in [-0.2, 0) is 19.5 Å². The van der Waals surface area contributed by atoms with E-state index in [9.17, 15) is 8.42 Å². The van der Waals surface area contributed by atoms with Crippen molar-refractivity contribution in [1.82, 2.24) is 9.71 Å². The van der Waals surface area contributed by atoms with Crippen molar-refractivity contribution in [2.24, 2.45) is 0 Å². The molecule has 136 valence electrons. The highest BCUT2D eigenvalue weighted by Gasteiger charge is 2.37. The molecule has 1 aliphatic rings. The third kappa shape index (κ3) is 3.92. The standard InChI is InChI=1S/C17H22N2O5S/c1-13-19-16(15(24-13)14-7-4-3-5-8-14)25(20,21)18-11-17(12-22-2)9-6-10-23-17/h3-5,7-8,18H,6,9-12H2,1-2H3. The van der Waals surface area contributed by atoms with Crippen LogP contribution < -0.4 is 4.72 Å². The van der Waals surface area contributed by atoms with E-state index in [-0.39, 0.29) is 17.3 Å². The number of oxazole rings is 1. The number of sulfonamides is 1. The number of aromatic nitrogens is 1. The Morgan fingerprint density at radius 3 is 2.72 bits per heavy atom.